The quantitative estimate of drug-likeness (QED) is 0.0940. The van der Waals surface area contributed by atoms with Crippen LogP contribution in [0.5, 0.6) is 0 Å². The Bertz CT molecular complexity index is 2850. The van der Waals surface area contributed by atoms with Crippen LogP contribution in [-0.2, 0) is 25.5 Å². The third-order valence-corrected chi connectivity index (χ3v) is 12.5. The highest BCUT2D eigenvalue weighted by atomic mass is 16.6. The molecular weight excluding hydrogens is 879 g/mol. The van der Waals surface area contributed by atoms with Gasteiger partial charge in [-0.1, -0.05) is 104 Å². The molecule has 0 bridgehead atoms. The van der Waals surface area contributed by atoms with Crippen LogP contribution in [0, 0.1) is 11.8 Å². The fraction of sp³-hybridized carbons (Fsp3) is 0.351. The minimum absolute atomic E-state index is 0.169. The van der Waals surface area contributed by atoms with Gasteiger partial charge in [0.25, 0.3) is 5.91 Å². The third-order valence-electron chi connectivity index (χ3n) is 12.5. The number of nitrogens with one attached hydrogen (secondary N) is 4. The molecule has 4 atom stereocenters. The number of carbonyl (C=O) groups is 4. The summed E-state index contributed by atoms with van der Waals surface area (Å²) in [6.45, 7) is 14.0. The predicted octanol–water partition coefficient (Wildman–Crippen LogP) is 10.9. The Hall–Kier alpha value is -7.59. The van der Waals surface area contributed by atoms with Crippen molar-refractivity contribution >= 4 is 24.0 Å². The lowest BCUT2D eigenvalue weighted by atomic mass is 10.0. The van der Waals surface area contributed by atoms with Crippen molar-refractivity contribution in [3.05, 3.63) is 161 Å². The second-order valence-electron chi connectivity index (χ2n) is 19.9. The second kappa shape index (κ2) is 21.0. The number of imidazole rings is 1. The van der Waals surface area contributed by atoms with E-state index in [9.17, 15) is 19.2 Å². The average Bonchev–Trinajstić information content (AvgIpc) is 4.18. The number of alkyl carbamates (subject to hydrolysis) is 2. The molecule has 0 spiro atoms. The first kappa shape index (κ1) is 48.9. The molecule has 0 saturated carbocycles. The van der Waals surface area contributed by atoms with Crippen molar-refractivity contribution in [3.63, 3.8) is 0 Å². The molecular formula is C57H63N7O6. The lowest BCUT2D eigenvalue weighted by Crippen LogP contribution is -2.44. The van der Waals surface area contributed by atoms with Crippen molar-refractivity contribution in [1.29, 1.82) is 0 Å². The molecule has 13 nitrogen and oxygen atoms in total. The molecule has 70 heavy (non-hydrogen) atoms. The van der Waals surface area contributed by atoms with Gasteiger partial charge in [-0.05, 0) is 132 Å². The summed E-state index contributed by atoms with van der Waals surface area (Å²) >= 11 is 0. The molecule has 6 aromatic rings. The highest BCUT2D eigenvalue weighted by Crippen LogP contribution is 2.38. The van der Waals surface area contributed by atoms with Gasteiger partial charge >= 0.3 is 12.2 Å². The highest BCUT2D eigenvalue weighted by Gasteiger charge is 2.39. The summed E-state index contributed by atoms with van der Waals surface area (Å²) in [5.41, 5.74) is 7.59. The first-order valence-electron chi connectivity index (χ1n) is 24.2. The minimum atomic E-state index is -0.912. The van der Waals surface area contributed by atoms with Crippen LogP contribution in [0.25, 0.3) is 22.5 Å². The van der Waals surface area contributed by atoms with E-state index in [1.54, 1.807) is 52.6 Å². The molecule has 2 aromatic heterocycles. The predicted molar refractivity (Wildman–Crippen MR) is 270 cm³/mol. The largest absolute Gasteiger partial charge is 0.444 e. The van der Waals surface area contributed by atoms with Crippen molar-refractivity contribution in [2.75, 3.05) is 13.1 Å². The van der Waals surface area contributed by atoms with E-state index in [1.165, 1.54) is 0 Å². The first-order chi connectivity index (χ1) is 33.5. The van der Waals surface area contributed by atoms with Gasteiger partial charge < -0.3 is 39.9 Å². The van der Waals surface area contributed by atoms with Crippen molar-refractivity contribution in [1.82, 2.24) is 35.4 Å². The van der Waals surface area contributed by atoms with E-state index >= 15 is 0 Å². The normalized spacial score (nSPS) is 16.7. The summed E-state index contributed by atoms with van der Waals surface area (Å²) in [6.07, 6.45) is 4.49. The van der Waals surface area contributed by atoms with Gasteiger partial charge in [0.1, 0.15) is 29.1 Å². The van der Waals surface area contributed by atoms with Gasteiger partial charge in [-0.25, -0.2) is 14.6 Å². The summed E-state index contributed by atoms with van der Waals surface area (Å²) in [6, 6.07) is 34.6. The van der Waals surface area contributed by atoms with Crippen LogP contribution in [0.2, 0.25) is 0 Å². The van der Waals surface area contributed by atoms with Crippen molar-refractivity contribution in [3.8, 4) is 34.4 Å². The van der Waals surface area contributed by atoms with Gasteiger partial charge in [0.2, 0.25) is 5.91 Å². The number of aromatic amines is 2. The zero-order chi connectivity index (χ0) is 49.6. The van der Waals surface area contributed by atoms with Gasteiger partial charge in [0.05, 0.1) is 24.0 Å². The molecule has 0 aliphatic carbocycles. The lowest BCUT2D eigenvalue weighted by molar-refractivity contribution is -0.135. The molecule has 4 N–H and O–H groups in total. The molecule has 4 heterocycles. The zero-order valence-electron chi connectivity index (χ0n) is 41.1. The SMILES string of the molecule is CCc1cc(-c2ccc(C#Cc3ccc(-c4cnc(C5CCCN5C(=O)C(NC(=O)OC(C)(C)C)c5ccccc5)[nH]4)cc3)cc2)[nH]c1C1CCCN1C(=O)C(NC(=O)OC(C)(C)C)c1ccccc1. The number of rotatable bonds is 11. The summed E-state index contributed by atoms with van der Waals surface area (Å²) in [5.74, 6) is 6.91. The van der Waals surface area contributed by atoms with Crippen molar-refractivity contribution in [2.45, 2.75) is 116 Å². The highest BCUT2D eigenvalue weighted by molar-refractivity contribution is 5.88. The summed E-state index contributed by atoms with van der Waals surface area (Å²) in [7, 11) is 0. The Morgan fingerprint density at radius 2 is 1.10 bits per heavy atom. The standard InChI is InChI=1S/C57H63N7O6/c1-8-39-35-44(59-48(39)46-21-15-33-63(46)52(65)49(42-17-11-9-12-18-42)61-54(67)69-56(2,3)4)40-29-25-37(26-30-40)23-24-38-27-31-41(32-28-38)45-36-58-51(60-45)47-22-16-34-64(47)53(66)50(43-19-13-10-14-20-43)62-55(68)70-57(5,6)7/h9-14,17-20,25-32,35-36,46-47,49-50,59H,8,15-16,21-22,33-34H2,1-7H3,(H,58,60)(H,61,67)(H,62,68). The molecule has 4 aromatic carbocycles. The Kier molecular flexibility index (Phi) is 14.6. The topological polar surface area (TPSA) is 162 Å². The Morgan fingerprint density at radius 3 is 1.57 bits per heavy atom. The molecule has 0 radical (unpaired) electrons. The minimum Gasteiger partial charge on any atom is -0.444 e. The van der Waals surface area contributed by atoms with E-state index in [-0.39, 0.29) is 23.9 Å². The number of hydrogen-bond donors (Lipinski definition) is 4. The Balaban J connectivity index is 0.922. The number of H-pyrrole nitrogens is 2. The fourth-order valence-corrected chi connectivity index (χ4v) is 9.22. The number of likely N-dealkylation sites (tertiary alicyclic amines) is 2. The van der Waals surface area contributed by atoms with E-state index in [2.05, 4.69) is 57.6 Å². The molecule has 4 unspecified atom stereocenters. The number of aromatic nitrogens is 3. The van der Waals surface area contributed by atoms with Crippen LogP contribution >= 0.6 is 0 Å². The van der Waals surface area contributed by atoms with Crippen LogP contribution < -0.4 is 10.6 Å². The van der Waals surface area contributed by atoms with E-state index in [0.29, 0.717) is 30.0 Å². The van der Waals surface area contributed by atoms with Crippen molar-refractivity contribution in [2.24, 2.45) is 0 Å². The van der Waals surface area contributed by atoms with Crippen molar-refractivity contribution < 1.29 is 28.7 Å². The number of benzene rings is 4. The lowest BCUT2D eigenvalue weighted by Gasteiger charge is -2.30. The summed E-state index contributed by atoms with van der Waals surface area (Å²) in [4.78, 5) is 70.0. The average molecular weight is 942 g/mol. The number of amides is 4. The van der Waals surface area contributed by atoms with E-state index in [4.69, 9.17) is 14.5 Å². The second-order valence-corrected chi connectivity index (χ2v) is 19.9. The number of nitrogens with zero attached hydrogens (tertiary/aromatic N) is 3. The van der Waals surface area contributed by atoms with Crippen LogP contribution in [0.3, 0.4) is 0 Å². The molecule has 362 valence electrons. The van der Waals surface area contributed by atoms with Crippen LogP contribution in [0.4, 0.5) is 9.59 Å². The molecule has 2 aliphatic heterocycles. The molecule has 4 amide bonds. The van der Waals surface area contributed by atoms with E-state index in [0.717, 1.165) is 77.0 Å². The molecule has 2 saturated heterocycles. The number of ether oxygens (including phenoxy) is 2. The number of hydrogen-bond acceptors (Lipinski definition) is 7. The Labute approximate surface area is 410 Å². The molecule has 2 aliphatic rings. The number of aryl methyl sites for hydroxylation is 1. The molecule has 13 heteroatoms. The van der Waals surface area contributed by atoms with Crippen LogP contribution in [0.1, 0.15) is 138 Å². The fourth-order valence-electron chi connectivity index (χ4n) is 9.22. The maximum atomic E-state index is 14.4. The Morgan fingerprint density at radius 1 is 0.643 bits per heavy atom. The first-order valence-corrected chi connectivity index (χ1v) is 24.2. The third kappa shape index (κ3) is 11.8. The summed E-state index contributed by atoms with van der Waals surface area (Å²) < 4.78 is 11.1. The molecule has 8 rings (SSSR count). The van der Waals surface area contributed by atoms with Crippen LogP contribution in [0.15, 0.2) is 121 Å². The maximum Gasteiger partial charge on any atom is 0.408 e. The van der Waals surface area contributed by atoms with Gasteiger partial charge in [-0.2, -0.15) is 0 Å². The monoisotopic (exact) mass is 941 g/mol. The smallest absolute Gasteiger partial charge is 0.408 e. The van der Waals surface area contributed by atoms with Gasteiger partial charge in [-0.3, -0.25) is 9.59 Å². The van der Waals surface area contributed by atoms with E-state index in [1.807, 2.05) is 102 Å². The van der Waals surface area contributed by atoms with Gasteiger partial charge in [-0.15, -0.1) is 0 Å². The number of carbonyl (C=O) groups excluding carboxylic acids is 4. The molecule has 2 fully saturated rings. The van der Waals surface area contributed by atoms with Gasteiger partial charge in [0, 0.05) is 35.6 Å². The maximum absolute atomic E-state index is 14.4. The van der Waals surface area contributed by atoms with Gasteiger partial charge in [0.15, 0.2) is 0 Å². The van der Waals surface area contributed by atoms with Crippen LogP contribution in [-0.4, -0.2) is 73.0 Å². The summed E-state index contributed by atoms with van der Waals surface area (Å²) in [5, 5.41) is 5.68. The zero-order valence-corrected chi connectivity index (χ0v) is 41.1. The van der Waals surface area contributed by atoms with E-state index < -0.39 is 35.5 Å².